The lowest BCUT2D eigenvalue weighted by atomic mass is 9.33. The standard InChI is InChI=1S/C54H90N2O18/c1-27-42(72-44-40(65)38(63)30(59)25-69-44)39(64)41(66)45(70-27)74-53(8)43(67)37(56-36(62)12-10-9-11-21-55)31(24-57)71-47(53)73-46(68)54-20-19-48(2,3)22-29(54)28-13-14-33-49(4)17-16-34(60)50(5,26-58)32(49)15-18-51(33,6)52(28,7)23-35(54)61/h13,27,29-35,37-45,47,57-61,63-67H,9-12,14-26,55H2,1-8H3,(H,56,62)/t27?,29?,30?,31?,32?,33?,34-,35+,37?,38?,39?,40?,41?,42?,43?,44?,45?,47?,49-,50-,51+,52+,53?,54+/m0/s1. The van der Waals surface area contributed by atoms with Gasteiger partial charge in [-0.2, -0.15) is 0 Å². The molecule has 3 saturated heterocycles. The summed E-state index contributed by atoms with van der Waals surface area (Å²) in [7, 11) is 0. The van der Waals surface area contributed by atoms with Crippen molar-refractivity contribution in [3.63, 3.8) is 0 Å². The molecule has 20 nitrogen and oxygen atoms in total. The number of ether oxygens (including phenoxy) is 6. The number of fused-ring (bicyclic) bond motifs is 7. The van der Waals surface area contributed by atoms with E-state index in [0.717, 1.165) is 24.8 Å². The Labute approximate surface area is 435 Å². The minimum absolute atomic E-state index is 0.0555. The summed E-state index contributed by atoms with van der Waals surface area (Å²) in [6, 6.07) is -1.36. The lowest BCUT2D eigenvalue weighted by Crippen LogP contribution is -2.73. The van der Waals surface area contributed by atoms with Crippen molar-refractivity contribution in [2.24, 2.45) is 56.0 Å². The Kier molecular flexibility index (Phi) is 16.7. The predicted molar refractivity (Wildman–Crippen MR) is 264 cm³/mol. The minimum Gasteiger partial charge on any atom is -0.432 e. The van der Waals surface area contributed by atoms with Crippen LogP contribution in [0.25, 0.3) is 0 Å². The first-order chi connectivity index (χ1) is 34.6. The molecule has 13 N–H and O–H groups in total. The number of carbonyl (C=O) groups excluding carboxylic acids is 2. The average molecular weight is 1060 g/mol. The Morgan fingerprint density at radius 2 is 1.50 bits per heavy atom. The van der Waals surface area contributed by atoms with Gasteiger partial charge in [-0.15, -0.1) is 0 Å². The van der Waals surface area contributed by atoms with E-state index < -0.39 is 145 Å². The molecule has 3 heterocycles. The molecule has 3 aliphatic heterocycles. The summed E-state index contributed by atoms with van der Waals surface area (Å²) in [6.07, 6.45) is -11.8. The SMILES string of the molecule is CC1OC(OC2(C)C(OC(=O)[C@]34CCC(C)(C)CC3C3=CCC5[C@@]6(C)CC[C@H](O)[C@@](C)(CO)C6CC[C@@]5(C)[C@]3(C)C[C@H]4O)OC(CO)C(NC(=O)CCCCCN)C2O)C(O)C(O)C1OC1OCC(O)C(O)C1O. The van der Waals surface area contributed by atoms with E-state index in [1.165, 1.54) is 13.8 Å². The Balaban J connectivity index is 1.11. The number of rotatable bonds is 14. The number of aliphatic hydroxyl groups is 10. The highest BCUT2D eigenvalue weighted by atomic mass is 16.8. The molecular weight excluding hydrogens is 965 g/mol. The molecule has 17 unspecified atom stereocenters. The van der Waals surface area contributed by atoms with Crippen LogP contribution in [0, 0.1) is 50.2 Å². The van der Waals surface area contributed by atoms with Gasteiger partial charge in [0.15, 0.2) is 18.2 Å². The van der Waals surface area contributed by atoms with Gasteiger partial charge in [0.05, 0.1) is 44.2 Å². The van der Waals surface area contributed by atoms with Crippen molar-refractivity contribution in [1.29, 1.82) is 0 Å². The van der Waals surface area contributed by atoms with Crippen LogP contribution in [0.4, 0.5) is 0 Å². The van der Waals surface area contributed by atoms with Crippen molar-refractivity contribution in [2.75, 3.05) is 26.4 Å². The van der Waals surface area contributed by atoms with Crippen LogP contribution < -0.4 is 11.1 Å². The molecule has 74 heavy (non-hydrogen) atoms. The van der Waals surface area contributed by atoms with Crippen molar-refractivity contribution in [2.45, 2.75) is 237 Å². The summed E-state index contributed by atoms with van der Waals surface area (Å²) >= 11 is 0. The number of unbranched alkanes of at least 4 members (excludes halogenated alkanes) is 2. The average Bonchev–Trinajstić information content (AvgIpc) is 3.34. The van der Waals surface area contributed by atoms with Crippen LogP contribution in [0.3, 0.4) is 0 Å². The summed E-state index contributed by atoms with van der Waals surface area (Å²) < 4.78 is 36.8. The van der Waals surface area contributed by atoms with E-state index in [-0.39, 0.29) is 54.0 Å². The molecular formula is C54H90N2O18. The van der Waals surface area contributed by atoms with E-state index in [9.17, 15) is 55.9 Å². The lowest BCUT2D eigenvalue weighted by Gasteiger charge is -2.71. The molecule has 24 atom stereocenters. The maximum absolute atomic E-state index is 15.7. The van der Waals surface area contributed by atoms with E-state index in [2.05, 4.69) is 46.0 Å². The third kappa shape index (κ3) is 9.44. The fraction of sp³-hybridized carbons (Fsp3) is 0.926. The highest BCUT2D eigenvalue weighted by Crippen LogP contribution is 2.76. The third-order valence-electron chi connectivity index (χ3n) is 21.0. The summed E-state index contributed by atoms with van der Waals surface area (Å²) in [5.74, 6) is -1.55. The van der Waals surface area contributed by atoms with Gasteiger partial charge in [-0.1, -0.05) is 59.6 Å². The van der Waals surface area contributed by atoms with Crippen molar-refractivity contribution >= 4 is 11.9 Å². The number of nitrogens with one attached hydrogen (secondary N) is 1. The van der Waals surface area contributed by atoms with Crippen LogP contribution in [-0.4, -0.2) is 187 Å². The van der Waals surface area contributed by atoms with Gasteiger partial charge in [-0.3, -0.25) is 9.59 Å². The number of nitrogens with two attached hydrogens (primary N) is 1. The highest BCUT2D eigenvalue weighted by molar-refractivity contribution is 5.80. The van der Waals surface area contributed by atoms with Crippen molar-refractivity contribution < 1.29 is 89.1 Å². The van der Waals surface area contributed by atoms with Gasteiger partial charge in [0, 0.05) is 11.8 Å². The second kappa shape index (κ2) is 21.3. The second-order valence-electron chi connectivity index (χ2n) is 25.8. The summed E-state index contributed by atoms with van der Waals surface area (Å²) in [5.41, 5.74) is 0.981. The summed E-state index contributed by atoms with van der Waals surface area (Å²) in [4.78, 5) is 29.2. The maximum Gasteiger partial charge on any atom is 0.317 e. The van der Waals surface area contributed by atoms with E-state index in [4.69, 9.17) is 34.2 Å². The van der Waals surface area contributed by atoms with Crippen molar-refractivity contribution in [3.05, 3.63) is 11.6 Å². The Morgan fingerprint density at radius 3 is 2.18 bits per heavy atom. The second-order valence-corrected chi connectivity index (χ2v) is 25.8. The fourth-order valence-corrected chi connectivity index (χ4v) is 16.1. The zero-order valence-electron chi connectivity index (χ0n) is 44.8. The van der Waals surface area contributed by atoms with Crippen molar-refractivity contribution in [3.8, 4) is 0 Å². The van der Waals surface area contributed by atoms with Gasteiger partial charge in [0.1, 0.15) is 54.2 Å². The van der Waals surface area contributed by atoms with Crippen LogP contribution >= 0.6 is 0 Å². The Hall–Kier alpha value is -1.96. The highest BCUT2D eigenvalue weighted by Gasteiger charge is 2.72. The van der Waals surface area contributed by atoms with Gasteiger partial charge in [0.25, 0.3) is 0 Å². The van der Waals surface area contributed by atoms with Gasteiger partial charge in [0.2, 0.25) is 12.2 Å². The fourth-order valence-electron chi connectivity index (χ4n) is 16.1. The number of carbonyl (C=O) groups is 2. The first-order valence-electron chi connectivity index (χ1n) is 27.5. The minimum atomic E-state index is -2.23. The van der Waals surface area contributed by atoms with E-state index >= 15 is 4.79 Å². The lowest BCUT2D eigenvalue weighted by molar-refractivity contribution is -0.393. The Bertz CT molecular complexity index is 2050. The molecule has 424 valence electrons. The van der Waals surface area contributed by atoms with Gasteiger partial charge < -0.3 is 90.5 Å². The van der Waals surface area contributed by atoms with Gasteiger partial charge >= 0.3 is 5.97 Å². The number of hydrogen-bond acceptors (Lipinski definition) is 19. The molecule has 0 spiro atoms. The molecule has 0 radical (unpaired) electrons. The van der Waals surface area contributed by atoms with Gasteiger partial charge in [-0.25, -0.2) is 0 Å². The quantitative estimate of drug-likeness (QED) is 0.0650. The monoisotopic (exact) mass is 1050 g/mol. The smallest absolute Gasteiger partial charge is 0.317 e. The molecule has 8 aliphatic rings. The Morgan fingerprint density at radius 1 is 0.797 bits per heavy atom. The molecule has 0 aromatic rings. The molecule has 5 aliphatic carbocycles. The normalized spacial score (nSPS) is 51.0. The molecule has 4 saturated carbocycles. The molecule has 7 fully saturated rings. The zero-order chi connectivity index (χ0) is 54.3. The van der Waals surface area contributed by atoms with Crippen LogP contribution in [-0.2, 0) is 38.0 Å². The van der Waals surface area contributed by atoms with Crippen LogP contribution in [0.2, 0.25) is 0 Å². The third-order valence-corrected chi connectivity index (χ3v) is 21.0. The topological polar surface area (TPSA) is 330 Å². The van der Waals surface area contributed by atoms with E-state index in [0.29, 0.717) is 51.5 Å². The van der Waals surface area contributed by atoms with Crippen LogP contribution in [0.1, 0.15) is 139 Å². The van der Waals surface area contributed by atoms with Crippen molar-refractivity contribution in [1.82, 2.24) is 5.32 Å². The number of amides is 1. The number of aliphatic hydroxyl groups excluding tert-OH is 10. The summed E-state index contributed by atoms with van der Waals surface area (Å²) in [5, 5.41) is 115. The molecule has 20 heteroatoms. The molecule has 0 aromatic carbocycles. The largest absolute Gasteiger partial charge is 0.432 e. The van der Waals surface area contributed by atoms with Gasteiger partial charge in [-0.05, 0) is 130 Å². The number of allylic oxidation sites excluding steroid dienone is 2. The van der Waals surface area contributed by atoms with Crippen LogP contribution in [0.15, 0.2) is 11.6 Å². The van der Waals surface area contributed by atoms with Crippen LogP contribution in [0.5, 0.6) is 0 Å². The summed E-state index contributed by atoms with van der Waals surface area (Å²) in [6.45, 7) is 15.2. The first kappa shape index (κ1) is 58.2. The zero-order valence-corrected chi connectivity index (χ0v) is 44.8. The van der Waals surface area contributed by atoms with E-state index in [1.807, 2.05) is 6.92 Å². The van der Waals surface area contributed by atoms with E-state index in [1.54, 1.807) is 0 Å². The number of esters is 1. The predicted octanol–water partition coefficient (Wildman–Crippen LogP) is 0.784. The molecule has 0 aromatic heterocycles. The maximum atomic E-state index is 15.7. The number of hydrogen-bond donors (Lipinski definition) is 12. The molecule has 0 bridgehead atoms. The molecule has 1 amide bonds. The first-order valence-corrected chi connectivity index (χ1v) is 27.5. The molecule has 8 rings (SSSR count).